The van der Waals surface area contributed by atoms with Gasteiger partial charge in [-0.05, 0) is 24.2 Å². The van der Waals surface area contributed by atoms with Crippen molar-refractivity contribution in [3.63, 3.8) is 0 Å². The quantitative estimate of drug-likeness (QED) is 0.541. The average Bonchev–Trinajstić information content (AvgIpc) is 2.84. The Balaban J connectivity index is 2.55. The molecule has 0 saturated carbocycles. The van der Waals surface area contributed by atoms with Crippen LogP contribution in [0.15, 0.2) is 12.3 Å². The SMILES string of the molecule is CCC(CC)n1ccc(CC(CSC(C)C)NN)n1. The second-order valence-electron chi connectivity index (χ2n) is 5.21. The third-order valence-corrected chi connectivity index (χ3v) is 4.56. The molecule has 19 heavy (non-hydrogen) atoms. The predicted octanol–water partition coefficient (Wildman–Crippen LogP) is 2.76. The van der Waals surface area contributed by atoms with Crippen molar-refractivity contribution < 1.29 is 0 Å². The van der Waals surface area contributed by atoms with Gasteiger partial charge in [0.05, 0.1) is 11.7 Å². The van der Waals surface area contributed by atoms with E-state index in [1.165, 1.54) is 0 Å². The van der Waals surface area contributed by atoms with Crippen molar-refractivity contribution in [3.8, 4) is 0 Å². The normalized spacial score (nSPS) is 13.4. The minimum Gasteiger partial charge on any atom is -0.271 e. The van der Waals surface area contributed by atoms with Gasteiger partial charge in [0, 0.05) is 24.4 Å². The number of hydrogen-bond donors (Lipinski definition) is 2. The second kappa shape index (κ2) is 8.61. The van der Waals surface area contributed by atoms with Gasteiger partial charge < -0.3 is 0 Å². The Morgan fingerprint density at radius 1 is 1.37 bits per heavy atom. The monoisotopic (exact) mass is 284 g/mol. The molecule has 0 spiro atoms. The van der Waals surface area contributed by atoms with Gasteiger partial charge in [-0.2, -0.15) is 16.9 Å². The summed E-state index contributed by atoms with van der Waals surface area (Å²) >= 11 is 1.93. The molecule has 3 N–H and O–H groups in total. The van der Waals surface area contributed by atoms with Crippen molar-refractivity contribution in [1.29, 1.82) is 0 Å². The standard InChI is InChI=1S/C14H28N4S/c1-5-14(6-2)18-8-7-12(17-18)9-13(16-15)10-19-11(3)4/h7-8,11,13-14,16H,5-6,9-10,15H2,1-4H3. The molecule has 0 radical (unpaired) electrons. The molecule has 1 unspecified atom stereocenters. The number of rotatable bonds is 9. The van der Waals surface area contributed by atoms with Crippen molar-refractivity contribution in [2.75, 3.05) is 5.75 Å². The first kappa shape index (κ1) is 16.5. The lowest BCUT2D eigenvalue weighted by atomic mass is 10.2. The summed E-state index contributed by atoms with van der Waals surface area (Å²) in [7, 11) is 0. The number of aromatic nitrogens is 2. The Labute approximate surface area is 121 Å². The van der Waals surface area contributed by atoms with E-state index in [1.54, 1.807) is 0 Å². The van der Waals surface area contributed by atoms with E-state index < -0.39 is 0 Å². The summed E-state index contributed by atoms with van der Waals surface area (Å²) in [6.45, 7) is 8.83. The molecular weight excluding hydrogens is 256 g/mol. The zero-order valence-corrected chi connectivity index (χ0v) is 13.4. The lowest BCUT2D eigenvalue weighted by Crippen LogP contribution is -2.39. The first-order valence-corrected chi connectivity index (χ1v) is 8.27. The number of hydrazine groups is 1. The molecule has 0 amide bonds. The van der Waals surface area contributed by atoms with E-state index in [1.807, 2.05) is 11.8 Å². The first-order chi connectivity index (χ1) is 9.10. The number of nitrogens with one attached hydrogen (secondary N) is 1. The largest absolute Gasteiger partial charge is 0.271 e. The van der Waals surface area contributed by atoms with Gasteiger partial charge in [0.25, 0.3) is 0 Å². The van der Waals surface area contributed by atoms with Gasteiger partial charge in [0.15, 0.2) is 0 Å². The van der Waals surface area contributed by atoms with Gasteiger partial charge in [0.2, 0.25) is 0 Å². The highest BCUT2D eigenvalue weighted by molar-refractivity contribution is 7.99. The van der Waals surface area contributed by atoms with Crippen LogP contribution in [-0.2, 0) is 6.42 Å². The van der Waals surface area contributed by atoms with E-state index in [9.17, 15) is 0 Å². The summed E-state index contributed by atoms with van der Waals surface area (Å²) in [5.41, 5.74) is 4.03. The molecule has 1 rings (SSSR count). The molecule has 1 aromatic heterocycles. The number of hydrogen-bond acceptors (Lipinski definition) is 4. The Morgan fingerprint density at radius 2 is 2.05 bits per heavy atom. The molecule has 0 saturated heterocycles. The molecule has 0 bridgehead atoms. The lowest BCUT2D eigenvalue weighted by molar-refractivity contribution is 0.423. The second-order valence-corrected chi connectivity index (χ2v) is 6.82. The highest BCUT2D eigenvalue weighted by Gasteiger charge is 2.13. The van der Waals surface area contributed by atoms with Gasteiger partial charge in [-0.25, -0.2) is 0 Å². The van der Waals surface area contributed by atoms with Crippen LogP contribution in [0.4, 0.5) is 0 Å². The van der Waals surface area contributed by atoms with Crippen LogP contribution in [0.1, 0.15) is 52.3 Å². The van der Waals surface area contributed by atoms with E-state index in [-0.39, 0.29) is 6.04 Å². The fourth-order valence-corrected chi connectivity index (χ4v) is 2.91. The van der Waals surface area contributed by atoms with E-state index in [0.717, 1.165) is 30.7 Å². The van der Waals surface area contributed by atoms with E-state index in [0.29, 0.717) is 11.3 Å². The van der Waals surface area contributed by atoms with E-state index in [4.69, 9.17) is 5.84 Å². The van der Waals surface area contributed by atoms with Crippen molar-refractivity contribution in [3.05, 3.63) is 18.0 Å². The zero-order chi connectivity index (χ0) is 14.3. The Morgan fingerprint density at radius 3 is 2.58 bits per heavy atom. The Hall–Kier alpha value is -0.520. The molecule has 0 aromatic carbocycles. The van der Waals surface area contributed by atoms with Crippen molar-refractivity contribution in [2.24, 2.45) is 5.84 Å². The van der Waals surface area contributed by atoms with E-state index >= 15 is 0 Å². The molecule has 1 aromatic rings. The molecular formula is C14H28N4S. The van der Waals surface area contributed by atoms with Crippen LogP contribution in [0.3, 0.4) is 0 Å². The Bertz CT molecular complexity index is 347. The van der Waals surface area contributed by atoms with Crippen molar-refractivity contribution in [1.82, 2.24) is 15.2 Å². The summed E-state index contributed by atoms with van der Waals surface area (Å²) in [6, 6.07) is 2.92. The predicted molar refractivity (Wildman–Crippen MR) is 84.3 cm³/mol. The fourth-order valence-electron chi connectivity index (χ4n) is 2.08. The van der Waals surface area contributed by atoms with Crippen LogP contribution in [0, 0.1) is 0 Å². The molecule has 0 fully saturated rings. The Kier molecular flexibility index (Phi) is 7.49. The van der Waals surface area contributed by atoms with Crippen molar-refractivity contribution in [2.45, 2.75) is 64.3 Å². The number of nitrogens with two attached hydrogens (primary N) is 1. The number of nitrogens with zero attached hydrogens (tertiary/aromatic N) is 2. The van der Waals surface area contributed by atoms with Crippen LogP contribution in [0.5, 0.6) is 0 Å². The summed E-state index contributed by atoms with van der Waals surface area (Å²) < 4.78 is 2.10. The highest BCUT2D eigenvalue weighted by atomic mass is 32.2. The minimum absolute atomic E-state index is 0.289. The van der Waals surface area contributed by atoms with Crippen LogP contribution in [0.25, 0.3) is 0 Å². The zero-order valence-electron chi connectivity index (χ0n) is 12.6. The minimum atomic E-state index is 0.289. The molecule has 0 aliphatic carbocycles. The molecule has 0 aliphatic rings. The molecule has 5 heteroatoms. The topological polar surface area (TPSA) is 55.9 Å². The van der Waals surface area contributed by atoms with Gasteiger partial charge in [-0.15, -0.1) is 0 Å². The molecule has 0 aliphatic heterocycles. The van der Waals surface area contributed by atoms with Gasteiger partial charge >= 0.3 is 0 Å². The summed E-state index contributed by atoms with van der Waals surface area (Å²) in [4.78, 5) is 0. The van der Waals surface area contributed by atoms with Crippen molar-refractivity contribution >= 4 is 11.8 Å². The first-order valence-electron chi connectivity index (χ1n) is 7.22. The smallest absolute Gasteiger partial charge is 0.0641 e. The van der Waals surface area contributed by atoms with Gasteiger partial charge in [-0.3, -0.25) is 16.0 Å². The van der Waals surface area contributed by atoms with Crippen LogP contribution >= 0.6 is 11.8 Å². The van der Waals surface area contributed by atoms with Gasteiger partial charge in [0.1, 0.15) is 0 Å². The number of thioether (sulfide) groups is 1. The maximum absolute atomic E-state index is 5.63. The molecule has 1 atom stereocenters. The molecule has 1 heterocycles. The average molecular weight is 284 g/mol. The van der Waals surface area contributed by atoms with Crippen LogP contribution in [0.2, 0.25) is 0 Å². The highest BCUT2D eigenvalue weighted by Crippen LogP contribution is 2.16. The van der Waals surface area contributed by atoms with E-state index in [2.05, 4.69) is 55.2 Å². The van der Waals surface area contributed by atoms with Gasteiger partial charge in [-0.1, -0.05) is 27.7 Å². The molecule has 4 nitrogen and oxygen atoms in total. The summed E-state index contributed by atoms with van der Waals surface area (Å²) in [5.74, 6) is 6.65. The fraction of sp³-hybridized carbons (Fsp3) is 0.786. The summed E-state index contributed by atoms with van der Waals surface area (Å²) in [5, 5.41) is 5.32. The molecule has 110 valence electrons. The lowest BCUT2D eigenvalue weighted by Gasteiger charge is -2.16. The third-order valence-electron chi connectivity index (χ3n) is 3.30. The maximum Gasteiger partial charge on any atom is 0.0641 e. The third kappa shape index (κ3) is 5.55. The van der Waals surface area contributed by atoms with Crippen LogP contribution < -0.4 is 11.3 Å². The summed E-state index contributed by atoms with van der Waals surface area (Å²) in [6.07, 6.45) is 5.23. The van der Waals surface area contributed by atoms with Crippen LogP contribution in [-0.4, -0.2) is 26.8 Å². The maximum atomic E-state index is 5.63.